The number of halogens is 1. The molecule has 5 aromatic rings. The summed E-state index contributed by atoms with van der Waals surface area (Å²) in [5, 5.41) is 24.1. The van der Waals surface area contributed by atoms with Gasteiger partial charge in [-0.05, 0) is 42.8 Å². The van der Waals surface area contributed by atoms with E-state index in [0.29, 0.717) is 44.5 Å². The number of aromatic nitrogens is 5. The average molecular weight is 460 g/mol. The third-order valence-corrected chi connectivity index (χ3v) is 5.78. The Morgan fingerprint density at radius 1 is 0.971 bits per heavy atom. The Morgan fingerprint density at radius 3 is 2.43 bits per heavy atom. The molecule has 2 aromatic carbocycles. The van der Waals surface area contributed by atoms with Gasteiger partial charge in [0.25, 0.3) is 0 Å². The lowest BCUT2D eigenvalue weighted by atomic mass is 10.0. The zero-order valence-corrected chi connectivity index (χ0v) is 18.5. The van der Waals surface area contributed by atoms with Crippen LogP contribution in [0.4, 0.5) is 10.2 Å². The highest BCUT2D eigenvalue weighted by atomic mass is 19.1. The molecule has 0 spiro atoms. The zero-order chi connectivity index (χ0) is 24.5. The molecule has 35 heavy (non-hydrogen) atoms. The summed E-state index contributed by atoms with van der Waals surface area (Å²) in [6, 6.07) is 17.0. The third-order valence-electron chi connectivity index (χ3n) is 5.78. The first-order chi connectivity index (χ1) is 17.0. The van der Waals surface area contributed by atoms with Crippen molar-refractivity contribution >= 4 is 16.9 Å². The molecule has 0 saturated carbocycles. The van der Waals surface area contributed by atoms with E-state index in [-0.39, 0.29) is 17.7 Å². The summed E-state index contributed by atoms with van der Waals surface area (Å²) in [4.78, 5) is 12.8. The monoisotopic (exact) mass is 460 g/mol. The molecule has 0 aliphatic rings. The summed E-state index contributed by atoms with van der Waals surface area (Å²) in [5.74, 6) is -0.111. The van der Waals surface area contributed by atoms with Gasteiger partial charge < -0.3 is 5.73 Å². The van der Waals surface area contributed by atoms with E-state index in [2.05, 4.69) is 27.1 Å². The number of anilines is 1. The molecule has 3 aromatic heterocycles. The first kappa shape index (κ1) is 21.7. The van der Waals surface area contributed by atoms with Gasteiger partial charge in [-0.25, -0.2) is 19.0 Å². The summed E-state index contributed by atoms with van der Waals surface area (Å²) < 4.78 is 16.1. The van der Waals surface area contributed by atoms with E-state index in [9.17, 15) is 14.9 Å². The van der Waals surface area contributed by atoms with Crippen molar-refractivity contribution in [3.63, 3.8) is 0 Å². The predicted molar refractivity (Wildman–Crippen MR) is 128 cm³/mol. The molecule has 0 aliphatic heterocycles. The molecule has 9 heteroatoms. The fourth-order valence-electron chi connectivity index (χ4n) is 4.03. The molecular weight excluding hydrogens is 443 g/mol. The first-order valence-corrected chi connectivity index (χ1v) is 10.6. The fraction of sp³-hybridized carbons (Fsp3) is 0.0769. The largest absolute Gasteiger partial charge is 0.383 e. The third kappa shape index (κ3) is 3.81. The molecule has 0 bridgehead atoms. The van der Waals surface area contributed by atoms with E-state index in [4.69, 9.17) is 10.8 Å². The van der Waals surface area contributed by atoms with Gasteiger partial charge in [-0.15, -0.1) is 0 Å². The van der Waals surface area contributed by atoms with Gasteiger partial charge in [0.15, 0.2) is 5.65 Å². The second-order valence-electron chi connectivity index (χ2n) is 7.94. The van der Waals surface area contributed by atoms with Crippen LogP contribution in [0, 0.1) is 28.5 Å². The smallest absolute Gasteiger partial charge is 0.164 e. The van der Waals surface area contributed by atoms with Crippen LogP contribution in [0.25, 0.3) is 33.4 Å². The van der Waals surface area contributed by atoms with Crippen molar-refractivity contribution in [2.24, 2.45) is 0 Å². The van der Waals surface area contributed by atoms with Crippen molar-refractivity contribution in [1.29, 1.82) is 10.5 Å². The van der Waals surface area contributed by atoms with Gasteiger partial charge in [0, 0.05) is 29.1 Å². The molecule has 168 valence electrons. The molecule has 0 amide bonds. The Morgan fingerprint density at radius 2 is 1.71 bits per heavy atom. The van der Waals surface area contributed by atoms with Gasteiger partial charge in [0.2, 0.25) is 0 Å². The molecule has 3 heterocycles. The number of nitrogens with zero attached hydrogens (tertiary/aromatic N) is 7. The Bertz CT molecular complexity index is 1640. The quantitative estimate of drug-likeness (QED) is 0.414. The predicted octanol–water partition coefficient (Wildman–Crippen LogP) is 4.63. The second-order valence-corrected chi connectivity index (χ2v) is 7.94. The average Bonchev–Trinajstić information content (AvgIpc) is 3.29. The van der Waals surface area contributed by atoms with Crippen LogP contribution in [0.15, 0.2) is 67.3 Å². The molecule has 0 saturated heterocycles. The van der Waals surface area contributed by atoms with E-state index in [1.54, 1.807) is 47.4 Å². The number of nitrogens with two attached hydrogens (primary N) is 1. The van der Waals surface area contributed by atoms with Crippen LogP contribution in [0.1, 0.15) is 29.7 Å². The highest BCUT2D eigenvalue weighted by Crippen LogP contribution is 2.34. The Balaban J connectivity index is 1.68. The van der Waals surface area contributed by atoms with Crippen molar-refractivity contribution in [3.8, 4) is 34.5 Å². The van der Waals surface area contributed by atoms with E-state index in [1.807, 2.05) is 13.0 Å². The summed E-state index contributed by atoms with van der Waals surface area (Å²) in [6.45, 7) is 1.92. The summed E-state index contributed by atoms with van der Waals surface area (Å²) in [7, 11) is 0. The van der Waals surface area contributed by atoms with Crippen LogP contribution in [-0.2, 0) is 0 Å². The van der Waals surface area contributed by atoms with Gasteiger partial charge in [-0.3, -0.25) is 4.98 Å². The highest BCUT2D eigenvalue weighted by Gasteiger charge is 2.22. The lowest BCUT2D eigenvalue weighted by molar-refractivity contribution is 0.579. The number of pyridine rings is 1. The Kier molecular flexibility index (Phi) is 5.36. The lowest BCUT2D eigenvalue weighted by Crippen LogP contribution is -2.10. The van der Waals surface area contributed by atoms with Crippen molar-refractivity contribution in [1.82, 2.24) is 24.7 Å². The SMILES string of the molecule is CC(c1cncc(-c2ccccc2F)c1)n1nc(-c2cc(C#N)cc(C#N)c2)c2c(N)ncnc21. The van der Waals surface area contributed by atoms with Gasteiger partial charge in [0.05, 0.1) is 34.7 Å². The van der Waals surface area contributed by atoms with Crippen molar-refractivity contribution in [2.45, 2.75) is 13.0 Å². The van der Waals surface area contributed by atoms with Crippen LogP contribution >= 0.6 is 0 Å². The molecule has 2 N–H and O–H groups in total. The lowest BCUT2D eigenvalue weighted by Gasteiger charge is -2.14. The summed E-state index contributed by atoms with van der Waals surface area (Å²) in [5.41, 5.74) is 10.2. The minimum absolute atomic E-state index is 0.225. The zero-order valence-electron chi connectivity index (χ0n) is 18.5. The van der Waals surface area contributed by atoms with E-state index >= 15 is 0 Å². The minimum atomic E-state index is -0.352. The molecule has 5 rings (SSSR count). The Hall–Kier alpha value is -5.15. The maximum atomic E-state index is 14.4. The topological polar surface area (TPSA) is 130 Å². The van der Waals surface area contributed by atoms with Gasteiger partial charge in [0.1, 0.15) is 23.7 Å². The number of nitriles is 2. The number of fused-ring (bicyclic) bond motifs is 1. The van der Waals surface area contributed by atoms with E-state index in [1.165, 1.54) is 18.5 Å². The number of hydrogen-bond acceptors (Lipinski definition) is 7. The van der Waals surface area contributed by atoms with Crippen LogP contribution in [0.2, 0.25) is 0 Å². The Labute approximate surface area is 199 Å². The number of rotatable bonds is 4. The standard InChI is InChI=1S/C26H17FN8/c1-15(19-9-20(13-31-12-19)21-4-2-3-5-22(21)27)35-26-23(25(30)32-14-33-26)24(34-35)18-7-16(10-28)6-17(8-18)11-29/h2-9,12-15H,1H3,(H2,30,32,33). The van der Waals surface area contributed by atoms with E-state index < -0.39 is 0 Å². The van der Waals surface area contributed by atoms with Crippen LogP contribution < -0.4 is 5.73 Å². The molecule has 8 nitrogen and oxygen atoms in total. The summed E-state index contributed by atoms with van der Waals surface area (Å²) >= 11 is 0. The summed E-state index contributed by atoms with van der Waals surface area (Å²) in [6.07, 6.45) is 4.65. The molecule has 1 atom stereocenters. The molecule has 1 unspecified atom stereocenters. The molecule has 0 fully saturated rings. The highest BCUT2D eigenvalue weighted by molar-refractivity contribution is 5.98. The fourth-order valence-corrected chi connectivity index (χ4v) is 4.03. The first-order valence-electron chi connectivity index (χ1n) is 10.6. The van der Waals surface area contributed by atoms with Crippen molar-refractivity contribution in [2.75, 3.05) is 5.73 Å². The number of benzene rings is 2. The van der Waals surface area contributed by atoms with Crippen molar-refractivity contribution in [3.05, 3.63) is 89.8 Å². The maximum Gasteiger partial charge on any atom is 0.164 e. The van der Waals surface area contributed by atoms with Crippen LogP contribution in [0.5, 0.6) is 0 Å². The maximum absolute atomic E-state index is 14.4. The van der Waals surface area contributed by atoms with Crippen LogP contribution in [-0.4, -0.2) is 24.7 Å². The minimum Gasteiger partial charge on any atom is -0.383 e. The number of hydrogen-bond donors (Lipinski definition) is 1. The van der Waals surface area contributed by atoms with Gasteiger partial charge >= 0.3 is 0 Å². The second kappa shape index (κ2) is 8.65. The molecule has 0 radical (unpaired) electrons. The van der Waals surface area contributed by atoms with Gasteiger partial charge in [-0.2, -0.15) is 15.6 Å². The van der Waals surface area contributed by atoms with E-state index in [0.717, 1.165) is 5.56 Å². The van der Waals surface area contributed by atoms with Gasteiger partial charge in [-0.1, -0.05) is 18.2 Å². The van der Waals surface area contributed by atoms with Crippen molar-refractivity contribution < 1.29 is 4.39 Å². The normalized spacial score (nSPS) is 11.7. The van der Waals surface area contributed by atoms with Crippen LogP contribution in [0.3, 0.4) is 0 Å². The number of nitrogen functional groups attached to an aromatic ring is 1. The molecular formula is C26H17FN8. The molecule has 0 aliphatic carbocycles.